The number of aliphatic hydroxyl groups excluding tert-OH is 1. The summed E-state index contributed by atoms with van der Waals surface area (Å²) >= 11 is 0. The fraction of sp³-hybridized carbons (Fsp3) is 0.667. The van der Waals surface area contributed by atoms with Gasteiger partial charge < -0.3 is 19.5 Å². The Labute approximate surface area is 65.7 Å². The highest BCUT2D eigenvalue weighted by atomic mass is 31.2. The summed E-state index contributed by atoms with van der Waals surface area (Å²) in [5.74, 6) is 0. The third-order valence-corrected chi connectivity index (χ3v) is 1.98. The molecule has 0 aliphatic heterocycles. The standard InChI is InChI=1S/C6H13O4P/c1-6(5-7)3-2-4-11(8,9)10/h3,7H,2,4-5H2,1H3,(H2,8,9,10)/p-1/b6-3+. The van der Waals surface area contributed by atoms with Gasteiger partial charge in [0.15, 0.2) is 0 Å². The zero-order valence-corrected chi connectivity index (χ0v) is 7.25. The second kappa shape index (κ2) is 4.67. The first-order valence-corrected chi connectivity index (χ1v) is 5.01. The number of allylic oxidation sites excluding steroid dienone is 1. The third kappa shape index (κ3) is 7.75. The van der Waals surface area contributed by atoms with E-state index in [0.29, 0.717) is 5.57 Å². The first-order valence-electron chi connectivity index (χ1n) is 3.25. The Morgan fingerprint density at radius 3 is 2.64 bits per heavy atom. The highest BCUT2D eigenvalue weighted by molar-refractivity contribution is 7.50. The van der Waals surface area contributed by atoms with E-state index in [9.17, 15) is 9.46 Å². The molecule has 0 radical (unpaired) electrons. The van der Waals surface area contributed by atoms with Crippen LogP contribution in [0.5, 0.6) is 0 Å². The van der Waals surface area contributed by atoms with Gasteiger partial charge in [-0.2, -0.15) is 0 Å². The second-order valence-electron chi connectivity index (χ2n) is 2.36. The molecule has 0 aliphatic carbocycles. The molecule has 0 aliphatic rings. The zero-order chi connectivity index (χ0) is 8.91. The summed E-state index contributed by atoms with van der Waals surface area (Å²) in [5, 5.41) is 8.49. The molecule has 66 valence electrons. The van der Waals surface area contributed by atoms with E-state index in [4.69, 9.17) is 10.00 Å². The maximum atomic E-state index is 10.2. The van der Waals surface area contributed by atoms with Gasteiger partial charge in [0.25, 0.3) is 0 Å². The van der Waals surface area contributed by atoms with Crippen molar-refractivity contribution < 1.29 is 19.5 Å². The van der Waals surface area contributed by atoms with Crippen molar-refractivity contribution in [2.24, 2.45) is 0 Å². The number of hydrogen-bond donors (Lipinski definition) is 2. The minimum Gasteiger partial charge on any atom is -0.779 e. The molecule has 5 heteroatoms. The minimum atomic E-state index is -4.11. The van der Waals surface area contributed by atoms with Crippen LogP contribution in [0.4, 0.5) is 0 Å². The average Bonchev–Trinajstić information content (AvgIpc) is 1.85. The molecular weight excluding hydrogens is 167 g/mol. The molecule has 11 heavy (non-hydrogen) atoms. The van der Waals surface area contributed by atoms with Crippen LogP contribution in [0.25, 0.3) is 0 Å². The van der Waals surface area contributed by atoms with Crippen LogP contribution >= 0.6 is 7.60 Å². The van der Waals surface area contributed by atoms with Gasteiger partial charge >= 0.3 is 0 Å². The maximum Gasteiger partial charge on any atom is 0.132 e. The van der Waals surface area contributed by atoms with Crippen molar-refractivity contribution in [1.82, 2.24) is 0 Å². The van der Waals surface area contributed by atoms with E-state index in [1.54, 1.807) is 13.0 Å². The topological polar surface area (TPSA) is 80.6 Å². The first-order chi connectivity index (χ1) is 4.95. The summed E-state index contributed by atoms with van der Waals surface area (Å²) in [6, 6.07) is 0. The van der Waals surface area contributed by atoms with Crippen molar-refractivity contribution in [2.45, 2.75) is 13.3 Å². The summed E-state index contributed by atoms with van der Waals surface area (Å²) in [6.07, 6.45) is 1.58. The highest BCUT2D eigenvalue weighted by Gasteiger charge is 1.98. The number of hydrogen-bond acceptors (Lipinski definition) is 3. The lowest BCUT2D eigenvalue weighted by Crippen LogP contribution is -2.02. The van der Waals surface area contributed by atoms with Crippen molar-refractivity contribution in [3.8, 4) is 0 Å². The van der Waals surface area contributed by atoms with Gasteiger partial charge in [-0.1, -0.05) is 11.6 Å². The smallest absolute Gasteiger partial charge is 0.132 e. The van der Waals surface area contributed by atoms with Crippen LogP contribution in [0.15, 0.2) is 11.6 Å². The predicted molar refractivity (Wildman–Crippen MR) is 40.2 cm³/mol. The van der Waals surface area contributed by atoms with E-state index in [1.165, 1.54) is 0 Å². The summed E-state index contributed by atoms with van der Waals surface area (Å²) in [4.78, 5) is 18.5. The monoisotopic (exact) mass is 179 g/mol. The van der Waals surface area contributed by atoms with Crippen LogP contribution in [-0.2, 0) is 4.57 Å². The molecule has 0 spiro atoms. The van der Waals surface area contributed by atoms with Crippen molar-refractivity contribution >= 4 is 7.60 Å². The van der Waals surface area contributed by atoms with E-state index in [2.05, 4.69) is 0 Å². The minimum absolute atomic E-state index is 0.0748. The van der Waals surface area contributed by atoms with Crippen molar-refractivity contribution in [2.75, 3.05) is 12.8 Å². The van der Waals surface area contributed by atoms with Crippen molar-refractivity contribution in [3.63, 3.8) is 0 Å². The largest absolute Gasteiger partial charge is 0.779 e. The SMILES string of the molecule is C/C(=C\CCP(=O)([O-])O)CO. The fourth-order valence-corrected chi connectivity index (χ4v) is 0.994. The highest BCUT2D eigenvalue weighted by Crippen LogP contribution is 2.29. The Balaban J connectivity index is 3.66. The zero-order valence-electron chi connectivity index (χ0n) is 6.36. The van der Waals surface area contributed by atoms with Crippen LogP contribution in [-0.4, -0.2) is 22.8 Å². The quantitative estimate of drug-likeness (QED) is 0.465. The Kier molecular flexibility index (Phi) is 4.61. The molecule has 0 fully saturated rings. The molecule has 0 heterocycles. The van der Waals surface area contributed by atoms with Gasteiger partial charge in [0.05, 0.1) is 6.61 Å². The predicted octanol–water partition coefficient (Wildman–Crippen LogP) is -0.139. The molecule has 0 aromatic rings. The lowest BCUT2D eigenvalue weighted by molar-refractivity contribution is -0.193. The Morgan fingerprint density at radius 2 is 2.27 bits per heavy atom. The van der Waals surface area contributed by atoms with Crippen LogP contribution in [0, 0.1) is 0 Å². The van der Waals surface area contributed by atoms with Crippen LogP contribution in [0.2, 0.25) is 0 Å². The lowest BCUT2D eigenvalue weighted by atomic mass is 10.3. The molecule has 0 aromatic carbocycles. The molecule has 1 atom stereocenters. The normalized spacial score (nSPS) is 18.0. The Morgan fingerprint density at radius 1 is 1.73 bits per heavy atom. The van der Waals surface area contributed by atoms with E-state index in [0.717, 1.165) is 0 Å². The van der Waals surface area contributed by atoms with Gasteiger partial charge in [-0.15, -0.1) is 0 Å². The summed E-state index contributed by atoms with van der Waals surface area (Å²) in [6.45, 7) is 1.61. The Hall–Kier alpha value is -0.150. The molecule has 4 nitrogen and oxygen atoms in total. The van der Waals surface area contributed by atoms with E-state index in [1.807, 2.05) is 0 Å². The van der Waals surface area contributed by atoms with Gasteiger partial charge in [0.2, 0.25) is 0 Å². The molecule has 0 saturated heterocycles. The van der Waals surface area contributed by atoms with E-state index < -0.39 is 7.60 Å². The Bertz CT molecular complexity index is 181. The molecular formula is C6H12O4P-. The summed E-state index contributed by atoms with van der Waals surface area (Å²) in [7, 11) is -4.11. The molecule has 0 saturated carbocycles. The van der Waals surface area contributed by atoms with Gasteiger partial charge in [-0.3, -0.25) is 0 Å². The molecule has 2 N–H and O–H groups in total. The molecule has 0 bridgehead atoms. The second-order valence-corrected chi connectivity index (χ2v) is 4.08. The van der Waals surface area contributed by atoms with Gasteiger partial charge in [-0.25, -0.2) is 0 Å². The van der Waals surface area contributed by atoms with Crippen LogP contribution < -0.4 is 4.89 Å². The number of aliphatic hydroxyl groups is 1. The number of rotatable bonds is 4. The van der Waals surface area contributed by atoms with Gasteiger partial charge in [-0.05, 0) is 13.3 Å². The van der Waals surface area contributed by atoms with Crippen LogP contribution in [0.3, 0.4) is 0 Å². The summed E-state index contributed by atoms with van der Waals surface area (Å²) < 4.78 is 10.2. The lowest BCUT2D eigenvalue weighted by Gasteiger charge is -2.13. The van der Waals surface area contributed by atoms with Gasteiger partial charge in [0.1, 0.15) is 7.60 Å². The molecule has 1 unspecified atom stereocenters. The average molecular weight is 179 g/mol. The molecule has 0 rings (SSSR count). The fourth-order valence-electron chi connectivity index (χ4n) is 0.539. The third-order valence-electron chi connectivity index (χ3n) is 1.15. The van der Waals surface area contributed by atoms with Crippen molar-refractivity contribution in [3.05, 3.63) is 11.6 Å². The van der Waals surface area contributed by atoms with Crippen LogP contribution in [0.1, 0.15) is 13.3 Å². The van der Waals surface area contributed by atoms with Crippen molar-refractivity contribution in [1.29, 1.82) is 0 Å². The molecule has 0 aromatic heterocycles. The van der Waals surface area contributed by atoms with E-state index in [-0.39, 0.29) is 19.2 Å². The maximum absolute atomic E-state index is 10.2. The first kappa shape index (κ1) is 10.8. The summed E-state index contributed by atoms with van der Waals surface area (Å²) in [5.41, 5.74) is 0.707. The van der Waals surface area contributed by atoms with Gasteiger partial charge in [0, 0.05) is 6.16 Å². The van der Waals surface area contributed by atoms with E-state index >= 15 is 0 Å². The molecule has 0 amide bonds.